The van der Waals surface area contributed by atoms with E-state index in [1.807, 2.05) is 35.9 Å². The highest BCUT2D eigenvalue weighted by Gasteiger charge is 2.39. The minimum absolute atomic E-state index is 0.308. The molecule has 0 N–H and O–H groups in total. The van der Waals surface area contributed by atoms with Gasteiger partial charge in [-0.15, -0.1) is 11.3 Å². The summed E-state index contributed by atoms with van der Waals surface area (Å²) in [6, 6.07) is 13.0. The predicted octanol–water partition coefficient (Wildman–Crippen LogP) is 4.05. The van der Waals surface area contributed by atoms with Gasteiger partial charge in [-0.05, 0) is 36.8 Å². The maximum absolute atomic E-state index is 14.6. The summed E-state index contributed by atoms with van der Waals surface area (Å²) in [6.07, 6.45) is 2.70. The number of halogens is 1. The Morgan fingerprint density at radius 1 is 1.12 bits per heavy atom. The molecule has 1 unspecified atom stereocenters. The van der Waals surface area contributed by atoms with Gasteiger partial charge in [0.05, 0.1) is 6.04 Å². The zero-order chi connectivity index (χ0) is 18.3. The normalized spacial score (nSPS) is 18.0. The summed E-state index contributed by atoms with van der Waals surface area (Å²) in [5.41, 5.74) is 1.17. The molecule has 3 aromatic rings. The van der Waals surface area contributed by atoms with E-state index in [0.717, 1.165) is 17.0 Å². The summed E-state index contributed by atoms with van der Waals surface area (Å²) < 4.78 is 45.0. The van der Waals surface area contributed by atoms with Crippen molar-refractivity contribution in [3.8, 4) is 0 Å². The van der Waals surface area contributed by atoms with Gasteiger partial charge in [0.25, 0.3) is 10.0 Å². The molecule has 26 heavy (non-hydrogen) atoms. The van der Waals surface area contributed by atoms with Crippen molar-refractivity contribution >= 4 is 21.4 Å². The number of aromatic nitrogens is 1. The van der Waals surface area contributed by atoms with Crippen molar-refractivity contribution in [3.05, 3.63) is 76.7 Å². The third-order valence-electron chi connectivity index (χ3n) is 4.74. The van der Waals surface area contributed by atoms with Crippen molar-refractivity contribution < 1.29 is 12.8 Å². The fourth-order valence-corrected chi connectivity index (χ4v) is 6.43. The molecule has 0 aliphatic carbocycles. The van der Waals surface area contributed by atoms with Crippen LogP contribution in [0.1, 0.15) is 29.1 Å². The van der Waals surface area contributed by atoms with E-state index in [0.29, 0.717) is 22.9 Å². The molecule has 1 aromatic carbocycles. The average molecular weight is 391 g/mol. The van der Waals surface area contributed by atoms with Crippen LogP contribution in [0.15, 0.2) is 58.9 Å². The lowest BCUT2D eigenvalue weighted by Crippen LogP contribution is -2.42. The van der Waals surface area contributed by atoms with E-state index in [9.17, 15) is 12.8 Å². The largest absolute Gasteiger partial charge is 0.348 e. The molecule has 1 aliphatic heterocycles. The average Bonchev–Trinajstić information content (AvgIpc) is 3.30. The van der Waals surface area contributed by atoms with E-state index in [2.05, 4.69) is 0 Å². The van der Waals surface area contributed by atoms with Crippen molar-refractivity contribution in [1.82, 2.24) is 8.87 Å². The van der Waals surface area contributed by atoms with Crippen molar-refractivity contribution in [3.63, 3.8) is 0 Å². The van der Waals surface area contributed by atoms with E-state index in [1.54, 1.807) is 24.3 Å². The van der Waals surface area contributed by atoms with Crippen LogP contribution in [-0.4, -0.2) is 23.8 Å². The number of rotatable bonds is 4. The minimum Gasteiger partial charge on any atom is -0.348 e. The number of thiophene rings is 1. The van der Waals surface area contributed by atoms with Gasteiger partial charge >= 0.3 is 0 Å². The Hall–Kier alpha value is -1.96. The molecular weight excluding hydrogens is 371 g/mol. The Kier molecular flexibility index (Phi) is 4.46. The van der Waals surface area contributed by atoms with E-state index in [4.69, 9.17) is 0 Å². The van der Waals surface area contributed by atoms with Gasteiger partial charge in [-0.2, -0.15) is 4.31 Å². The van der Waals surface area contributed by atoms with Crippen molar-refractivity contribution in [1.29, 1.82) is 0 Å². The predicted molar refractivity (Wildman–Crippen MR) is 100 cm³/mol. The molecule has 0 saturated heterocycles. The maximum Gasteiger partial charge on any atom is 0.253 e. The first-order chi connectivity index (χ1) is 12.5. The number of hydrogen-bond acceptors (Lipinski definition) is 3. The quantitative estimate of drug-likeness (QED) is 0.675. The number of sulfonamides is 1. The summed E-state index contributed by atoms with van der Waals surface area (Å²) >= 11 is 1.29. The molecule has 0 bridgehead atoms. The van der Waals surface area contributed by atoms with Gasteiger partial charge in [0.1, 0.15) is 10.0 Å². The molecule has 0 spiro atoms. The number of hydrogen-bond donors (Lipinski definition) is 0. The second-order valence-electron chi connectivity index (χ2n) is 6.24. The molecule has 4 nitrogen and oxygen atoms in total. The van der Waals surface area contributed by atoms with Crippen molar-refractivity contribution in [2.24, 2.45) is 0 Å². The first kappa shape index (κ1) is 17.5. The fraction of sp³-hybridized carbons (Fsp3) is 0.263. The lowest BCUT2D eigenvalue weighted by atomic mass is 10.0. The monoisotopic (exact) mass is 390 g/mol. The molecule has 1 aliphatic rings. The molecule has 1 atom stereocenters. The Balaban J connectivity index is 1.85. The highest BCUT2D eigenvalue weighted by Crippen LogP contribution is 2.38. The van der Waals surface area contributed by atoms with Gasteiger partial charge in [0, 0.05) is 35.4 Å². The Bertz CT molecular complexity index is 1040. The van der Waals surface area contributed by atoms with Crippen LogP contribution in [0.3, 0.4) is 0 Å². The molecule has 2 aromatic heterocycles. The molecule has 0 fully saturated rings. The van der Waals surface area contributed by atoms with E-state index in [-0.39, 0.29) is 0 Å². The summed E-state index contributed by atoms with van der Waals surface area (Å²) in [5, 5.41) is 0. The summed E-state index contributed by atoms with van der Waals surface area (Å²) in [6.45, 7) is 2.86. The zero-order valence-electron chi connectivity index (χ0n) is 14.3. The van der Waals surface area contributed by atoms with Gasteiger partial charge in [-0.1, -0.05) is 25.1 Å². The topological polar surface area (TPSA) is 42.3 Å². The summed E-state index contributed by atoms with van der Waals surface area (Å²) in [4.78, 5) is 1.02. The van der Waals surface area contributed by atoms with Gasteiger partial charge in [0.15, 0.2) is 0 Å². The van der Waals surface area contributed by atoms with Crippen LogP contribution in [-0.2, 0) is 23.0 Å². The number of nitrogens with zero attached hydrogens (tertiary/aromatic N) is 2. The van der Waals surface area contributed by atoms with Crippen LogP contribution in [0.2, 0.25) is 0 Å². The van der Waals surface area contributed by atoms with Gasteiger partial charge in [-0.25, -0.2) is 12.8 Å². The first-order valence-corrected chi connectivity index (χ1v) is 10.8. The highest BCUT2D eigenvalue weighted by atomic mass is 32.2. The molecule has 0 amide bonds. The van der Waals surface area contributed by atoms with Gasteiger partial charge in [-0.3, -0.25) is 0 Å². The summed E-state index contributed by atoms with van der Waals surface area (Å²) in [5.74, 6) is -0.396. The van der Waals surface area contributed by atoms with Crippen LogP contribution < -0.4 is 0 Å². The van der Waals surface area contributed by atoms with Crippen LogP contribution in [0, 0.1) is 5.82 Å². The minimum atomic E-state index is -3.71. The molecule has 0 radical (unpaired) electrons. The van der Waals surface area contributed by atoms with Gasteiger partial charge in [0.2, 0.25) is 0 Å². The molecule has 4 rings (SSSR count). The molecule has 136 valence electrons. The Morgan fingerprint density at radius 3 is 2.65 bits per heavy atom. The second kappa shape index (κ2) is 6.64. The van der Waals surface area contributed by atoms with Crippen LogP contribution in [0.4, 0.5) is 4.39 Å². The van der Waals surface area contributed by atoms with Crippen molar-refractivity contribution in [2.75, 3.05) is 6.54 Å². The number of benzene rings is 1. The van der Waals surface area contributed by atoms with Crippen molar-refractivity contribution in [2.45, 2.75) is 30.1 Å². The van der Waals surface area contributed by atoms with E-state index >= 15 is 0 Å². The molecule has 0 saturated carbocycles. The number of fused-ring (bicyclic) bond motifs is 1. The van der Waals surface area contributed by atoms with E-state index in [1.165, 1.54) is 21.7 Å². The van der Waals surface area contributed by atoms with E-state index < -0.39 is 21.9 Å². The Labute approximate surface area is 156 Å². The molecule has 7 heteroatoms. The van der Waals surface area contributed by atoms with Crippen LogP contribution in [0.25, 0.3) is 0 Å². The van der Waals surface area contributed by atoms with Crippen LogP contribution >= 0.6 is 11.3 Å². The molecular formula is C19H19FN2O2S2. The SMILES string of the molecule is CCc1ccc(S(=O)(=O)N2CCn3cccc3C2c2ccccc2F)s1. The Morgan fingerprint density at radius 2 is 1.92 bits per heavy atom. The first-order valence-electron chi connectivity index (χ1n) is 8.52. The zero-order valence-corrected chi connectivity index (χ0v) is 15.9. The standard InChI is InChI=1S/C19H19FN2O2S2/c1-2-14-9-10-18(25-14)26(23,24)22-13-12-21-11-5-8-17(21)19(22)15-6-3-4-7-16(15)20/h3-11,19H,2,12-13H2,1H3. The number of aryl methyl sites for hydroxylation is 1. The fourth-order valence-electron chi connectivity index (χ4n) is 3.43. The highest BCUT2D eigenvalue weighted by molar-refractivity contribution is 7.91. The third-order valence-corrected chi connectivity index (χ3v) is 8.30. The summed E-state index contributed by atoms with van der Waals surface area (Å²) in [7, 11) is -3.71. The lowest BCUT2D eigenvalue weighted by molar-refractivity contribution is 0.293. The smallest absolute Gasteiger partial charge is 0.253 e. The molecule has 3 heterocycles. The third kappa shape index (κ3) is 2.80. The van der Waals surface area contributed by atoms with Gasteiger partial charge < -0.3 is 4.57 Å². The second-order valence-corrected chi connectivity index (χ2v) is 9.53. The lowest BCUT2D eigenvalue weighted by Gasteiger charge is -2.36. The van der Waals surface area contributed by atoms with Crippen LogP contribution in [0.5, 0.6) is 0 Å². The maximum atomic E-state index is 14.6.